The number of hydrogen-bond acceptors (Lipinski definition) is 3. The monoisotopic (exact) mass is 278 g/mol. The highest BCUT2D eigenvalue weighted by Crippen LogP contribution is 2.31. The molecule has 3 nitrogen and oxygen atoms in total. The highest BCUT2D eigenvalue weighted by atomic mass is 35.5. The standard InChI is InChI=1S/C15H15ClO3/c1-4-5-12(11(3)8-17)9-19-15-6-10(2)14(18)7-13(15)16/h4-8,18H,1,3,9H2,2H3/b12-5-. The third kappa shape index (κ3) is 4.00. The summed E-state index contributed by atoms with van der Waals surface area (Å²) in [5.74, 6) is 0.544. The largest absolute Gasteiger partial charge is 0.508 e. The molecule has 0 aliphatic carbocycles. The van der Waals surface area contributed by atoms with Crippen LogP contribution in [-0.2, 0) is 4.79 Å². The first-order valence-corrected chi connectivity index (χ1v) is 5.95. The average Bonchev–Trinajstić information content (AvgIpc) is 2.39. The maximum absolute atomic E-state index is 10.7. The predicted octanol–water partition coefficient (Wildman–Crippen LogP) is 3.60. The first kappa shape index (κ1) is 15.1. The van der Waals surface area contributed by atoms with E-state index in [1.54, 1.807) is 25.1 Å². The van der Waals surface area contributed by atoms with Crippen LogP contribution in [0.1, 0.15) is 5.56 Å². The zero-order chi connectivity index (χ0) is 14.4. The van der Waals surface area contributed by atoms with Crippen LogP contribution in [-0.4, -0.2) is 18.0 Å². The molecule has 0 spiro atoms. The molecule has 1 rings (SSSR count). The molecule has 0 unspecified atom stereocenters. The fraction of sp³-hybridized carbons (Fsp3) is 0.133. The molecular formula is C15H15ClO3. The number of aryl methyl sites for hydroxylation is 1. The first-order chi connectivity index (χ1) is 8.99. The van der Waals surface area contributed by atoms with Crippen LogP contribution in [0, 0.1) is 6.92 Å². The summed E-state index contributed by atoms with van der Waals surface area (Å²) in [5.41, 5.74) is 1.60. The quantitative estimate of drug-likeness (QED) is 0.491. The minimum atomic E-state index is 0.108. The Bertz CT molecular complexity index is 545. The van der Waals surface area contributed by atoms with Crippen molar-refractivity contribution >= 4 is 17.9 Å². The number of benzene rings is 1. The number of phenolic OH excluding ortho intramolecular Hbond substituents is 1. The number of aromatic hydroxyl groups is 1. The van der Waals surface area contributed by atoms with Gasteiger partial charge in [-0.15, -0.1) is 0 Å². The Kier molecular flexibility index (Phi) is 5.39. The number of rotatable bonds is 6. The van der Waals surface area contributed by atoms with Gasteiger partial charge in [0, 0.05) is 11.6 Å². The van der Waals surface area contributed by atoms with Crippen molar-refractivity contribution in [3.05, 3.63) is 59.2 Å². The van der Waals surface area contributed by atoms with Crippen molar-refractivity contribution in [2.24, 2.45) is 0 Å². The van der Waals surface area contributed by atoms with E-state index in [4.69, 9.17) is 16.3 Å². The zero-order valence-corrected chi connectivity index (χ0v) is 11.4. The highest BCUT2D eigenvalue weighted by molar-refractivity contribution is 6.32. The number of allylic oxidation sites excluding steroid dienone is 2. The van der Waals surface area contributed by atoms with Crippen LogP contribution in [0.2, 0.25) is 5.02 Å². The van der Waals surface area contributed by atoms with Gasteiger partial charge in [-0.3, -0.25) is 4.79 Å². The molecule has 100 valence electrons. The summed E-state index contributed by atoms with van der Waals surface area (Å²) in [4.78, 5) is 10.7. The molecule has 0 saturated heterocycles. The fourth-order valence-electron chi connectivity index (χ4n) is 1.38. The van der Waals surface area contributed by atoms with Crippen LogP contribution in [0.25, 0.3) is 0 Å². The van der Waals surface area contributed by atoms with Crippen molar-refractivity contribution in [2.75, 3.05) is 6.61 Å². The van der Waals surface area contributed by atoms with Gasteiger partial charge >= 0.3 is 0 Å². The van der Waals surface area contributed by atoms with Gasteiger partial charge in [0.05, 0.1) is 5.02 Å². The van der Waals surface area contributed by atoms with Gasteiger partial charge in [0.25, 0.3) is 0 Å². The molecule has 0 aliphatic heterocycles. The molecule has 4 heteroatoms. The van der Waals surface area contributed by atoms with E-state index in [2.05, 4.69) is 13.2 Å². The van der Waals surface area contributed by atoms with E-state index in [9.17, 15) is 9.90 Å². The average molecular weight is 279 g/mol. The molecule has 1 aromatic carbocycles. The van der Waals surface area contributed by atoms with E-state index in [1.807, 2.05) is 0 Å². The van der Waals surface area contributed by atoms with E-state index in [0.29, 0.717) is 33.8 Å². The number of carbonyl (C=O) groups excluding carboxylic acids is 1. The van der Waals surface area contributed by atoms with Gasteiger partial charge in [0.15, 0.2) is 0 Å². The molecule has 1 N–H and O–H groups in total. The van der Waals surface area contributed by atoms with Gasteiger partial charge in [0.2, 0.25) is 0 Å². The minimum Gasteiger partial charge on any atom is -0.508 e. The van der Waals surface area contributed by atoms with Crippen LogP contribution in [0.3, 0.4) is 0 Å². The van der Waals surface area contributed by atoms with Crippen LogP contribution in [0.15, 0.2) is 48.6 Å². The van der Waals surface area contributed by atoms with Gasteiger partial charge < -0.3 is 9.84 Å². The van der Waals surface area contributed by atoms with Gasteiger partial charge in [-0.2, -0.15) is 0 Å². The third-order valence-corrected chi connectivity index (χ3v) is 2.80. The van der Waals surface area contributed by atoms with E-state index in [1.165, 1.54) is 6.07 Å². The van der Waals surface area contributed by atoms with E-state index >= 15 is 0 Å². The number of aldehydes is 1. The van der Waals surface area contributed by atoms with Crippen LogP contribution < -0.4 is 4.74 Å². The van der Waals surface area contributed by atoms with Crippen LogP contribution in [0.5, 0.6) is 11.5 Å². The SMILES string of the molecule is C=C/C=C(/COc1cc(C)c(O)cc1Cl)C(=C)C=O. The molecule has 0 fully saturated rings. The first-order valence-electron chi connectivity index (χ1n) is 5.57. The maximum atomic E-state index is 10.7. The second-order valence-corrected chi connectivity index (χ2v) is 4.34. The van der Waals surface area contributed by atoms with Crippen molar-refractivity contribution in [3.8, 4) is 11.5 Å². The van der Waals surface area contributed by atoms with Gasteiger partial charge in [-0.1, -0.05) is 36.9 Å². The molecule has 0 saturated carbocycles. The molecule has 0 aromatic heterocycles. The summed E-state index contributed by atoms with van der Waals surface area (Å²) < 4.78 is 5.53. The highest BCUT2D eigenvalue weighted by Gasteiger charge is 2.08. The van der Waals surface area contributed by atoms with Gasteiger partial charge in [-0.05, 0) is 24.1 Å². The minimum absolute atomic E-state index is 0.108. The number of halogens is 1. The smallest absolute Gasteiger partial charge is 0.149 e. The third-order valence-electron chi connectivity index (χ3n) is 2.51. The second-order valence-electron chi connectivity index (χ2n) is 3.93. The molecule has 0 radical (unpaired) electrons. The molecule has 0 bridgehead atoms. The Morgan fingerprint density at radius 3 is 2.79 bits per heavy atom. The Morgan fingerprint density at radius 1 is 1.53 bits per heavy atom. The lowest BCUT2D eigenvalue weighted by Gasteiger charge is -2.11. The number of hydrogen-bond donors (Lipinski definition) is 1. The summed E-state index contributed by atoms with van der Waals surface area (Å²) in [7, 11) is 0. The molecule has 0 aliphatic rings. The molecular weight excluding hydrogens is 264 g/mol. The Morgan fingerprint density at radius 2 is 2.21 bits per heavy atom. The summed E-state index contributed by atoms with van der Waals surface area (Å²) in [6.45, 7) is 9.07. The normalized spacial score (nSPS) is 10.9. The second kappa shape index (κ2) is 6.81. The lowest BCUT2D eigenvalue weighted by atomic mass is 10.1. The van der Waals surface area contributed by atoms with Crippen LogP contribution >= 0.6 is 11.6 Å². The summed E-state index contributed by atoms with van der Waals surface area (Å²) in [6, 6.07) is 3.05. The van der Waals surface area contributed by atoms with Crippen LogP contribution in [0.4, 0.5) is 0 Å². The summed E-state index contributed by atoms with van der Waals surface area (Å²) in [6.07, 6.45) is 3.86. The topological polar surface area (TPSA) is 46.5 Å². The Labute approximate surface area is 117 Å². The van der Waals surface area contributed by atoms with Gasteiger partial charge in [0.1, 0.15) is 24.4 Å². The predicted molar refractivity (Wildman–Crippen MR) is 76.8 cm³/mol. The van der Waals surface area contributed by atoms with Crippen molar-refractivity contribution in [3.63, 3.8) is 0 Å². The number of ether oxygens (including phenoxy) is 1. The number of phenols is 1. The fourth-order valence-corrected chi connectivity index (χ4v) is 1.59. The lowest BCUT2D eigenvalue weighted by molar-refractivity contribution is -0.104. The molecule has 19 heavy (non-hydrogen) atoms. The van der Waals surface area contributed by atoms with Crippen molar-refractivity contribution in [2.45, 2.75) is 6.92 Å². The molecule has 0 atom stereocenters. The van der Waals surface area contributed by atoms with E-state index in [0.717, 1.165) is 0 Å². The number of carbonyl (C=O) groups is 1. The van der Waals surface area contributed by atoms with E-state index < -0.39 is 0 Å². The van der Waals surface area contributed by atoms with Crippen molar-refractivity contribution in [1.82, 2.24) is 0 Å². The lowest BCUT2D eigenvalue weighted by Crippen LogP contribution is -2.04. The van der Waals surface area contributed by atoms with Crippen molar-refractivity contribution < 1.29 is 14.6 Å². The molecule has 0 heterocycles. The summed E-state index contributed by atoms with van der Waals surface area (Å²) in [5, 5.41) is 9.79. The summed E-state index contributed by atoms with van der Waals surface area (Å²) >= 11 is 5.96. The maximum Gasteiger partial charge on any atom is 0.149 e. The molecule has 0 amide bonds. The Hall–Kier alpha value is -2.00. The zero-order valence-electron chi connectivity index (χ0n) is 10.6. The van der Waals surface area contributed by atoms with Gasteiger partial charge in [-0.25, -0.2) is 0 Å². The van der Waals surface area contributed by atoms with Crippen molar-refractivity contribution in [1.29, 1.82) is 0 Å². The van der Waals surface area contributed by atoms with E-state index in [-0.39, 0.29) is 12.4 Å². The molecule has 1 aromatic rings. The Balaban J connectivity index is 2.89.